The molecular formula is C35H38ClN3O4S. The maximum atomic E-state index is 14.4. The zero-order valence-corrected chi connectivity index (χ0v) is 26.6. The monoisotopic (exact) mass is 631 g/mol. The number of benzene rings is 4. The summed E-state index contributed by atoms with van der Waals surface area (Å²) in [6, 6.07) is 30.7. The number of anilines is 1. The van der Waals surface area contributed by atoms with Gasteiger partial charge in [-0.2, -0.15) is 0 Å². The summed E-state index contributed by atoms with van der Waals surface area (Å²) in [4.78, 5) is 29.8. The summed E-state index contributed by atoms with van der Waals surface area (Å²) < 4.78 is 29.1. The minimum absolute atomic E-state index is 0.0473. The highest BCUT2D eigenvalue weighted by atomic mass is 35.5. The van der Waals surface area contributed by atoms with E-state index in [-0.39, 0.29) is 29.5 Å². The molecule has 0 heterocycles. The standard InChI is InChI=1S/C35H38ClN3O4S/c1-3-4-22-37-35(41)33(24-28-13-7-5-8-14-28)38(25-29-15-11-12-27(2)23-29)34(40)26-39(31-20-18-30(36)19-21-31)44(42,43)32-16-9-6-10-17-32/h5-21,23,33H,3-4,22,24-26H2,1-2H3,(H,37,41)/t33-/m1/s1. The molecule has 1 N–H and O–H groups in total. The van der Waals surface area contributed by atoms with Crippen LogP contribution in [0.5, 0.6) is 0 Å². The number of hydrogen-bond donors (Lipinski definition) is 1. The van der Waals surface area contributed by atoms with Crippen molar-refractivity contribution in [1.29, 1.82) is 0 Å². The van der Waals surface area contributed by atoms with Crippen molar-refractivity contribution in [3.63, 3.8) is 0 Å². The van der Waals surface area contributed by atoms with E-state index in [0.717, 1.165) is 33.8 Å². The van der Waals surface area contributed by atoms with E-state index in [4.69, 9.17) is 11.6 Å². The zero-order chi connectivity index (χ0) is 31.5. The summed E-state index contributed by atoms with van der Waals surface area (Å²) >= 11 is 6.12. The summed E-state index contributed by atoms with van der Waals surface area (Å²) in [5.74, 6) is -0.792. The highest BCUT2D eigenvalue weighted by Crippen LogP contribution is 2.26. The van der Waals surface area contributed by atoms with Crippen LogP contribution in [0.15, 0.2) is 114 Å². The lowest BCUT2D eigenvalue weighted by Gasteiger charge is -2.34. The third-order valence-corrected chi connectivity index (χ3v) is 9.30. The Bertz CT molecular complexity index is 1630. The molecule has 7 nitrogen and oxygen atoms in total. The van der Waals surface area contributed by atoms with Crippen LogP contribution in [0.2, 0.25) is 5.02 Å². The van der Waals surface area contributed by atoms with E-state index in [9.17, 15) is 18.0 Å². The number of nitrogens with zero attached hydrogens (tertiary/aromatic N) is 2. The second-order valence-corrected chi connectivity index (χ2v) is 13.0. The van der Waals surface area contributed by atoms with Crippen molar-refractivity contribution in [2.24, 2.45) is 0 Å². The number of unbranched alkanes of at least 4 members (excludes halogenated alkanes) is 1. The molecule has 0 unspecified atom stereocenters. The van der Waals surface area contributed by atoms with E-state index >= 15 is 0 Å². The van der Waals surface area contributed by atoms with Gasteiger partial charge in [0.2, 0.25) is 11.8 Å². The van der Waals surface area contributed by atoms with Gasteiger partial charge in [0.05, 0.1) is 10.6 Å². The topological polar surface area (TPSA) is 86.8 Å². The van der Waals surface area contributed by atoms with Crippen LogP contribution < -0.4 is 9.62 Å². The van der Waals surface area contributed by atoms with Crippen molar-refractivity contribution in [3.05, 3.63) is 131 Å². The van der Waals surface area contributed by atoms with E-state index in [1.165, 1.54) is 17.0 Å². The van der Waals surface area contributed by atoms with Crippen molar-refractivity contribution in [2.75, 3.05) is 17.4 Å². The van der Waals surface area contributed by atoms with Gasteiger partial charge in [0.15, 0.2) is 0 Å². The molecule has 0 saturated heterocycles. The molecular weight excluding hydrogens is 594 g/mol. The van der Waals surface area contributed by atoms with Crippen LogP contribution in [-0.2, 0) is 32.6 Å². The van der Waals surface area contributed by atoms with Crippen molar-refractivity contribution >= 4 is 39.1 Å². The first-order valence-corrected chi connectivity index (χ1v) is 16.5. The molecule has 4 aromatic rings. The van der Waals surface area contributed by atoms with E-state index in [1.807, 2.05) is 68.4 Å². The number of aryl methyl sites for hydroxylation is 1. The molecule has 4 aromatic carbocycles. The summed E-state index contributed by atoms with van der Waals surface area (Å²) in [6.07, 6.45) is 1.97. The predicted octanol–water partition coefficient (Wildman–Crippen LogP) is 6.40. The SMILES string of the molecule is CCCCNC(=O)[C@@H](Cc1ccccc1)N(Cc1cccc(C)c1)C(=O)CN(c1ccc(Cl)cc1)S(=O)(=O)c1ccccc1. The minimum Gasteiger partial charge on any atom is -0.354 e. The van der Waals surface area contributed by atoms with E-state index < -0.39 is 28.5 Å². The van der Waals surface area contributed by atoms with Crippen molar-refractivity contribution in [1.82, 2.24) is 10.2 Å². The van der Waals surface area contributed by atoms with Gasteiger partial charge < -0.3 is 10.2 Å². The molecule has 0 radical (unpaired) electrons. The summed E-state index contributed by atoms with van der Waals surface area (Å²) in [5, 5.41) is 3.44. The molecule has 0 aliphatic carbocycles. The van der Waals surface area contributed by atoms with Crippen LogP contribution >= 0.6 is 11.6 Å². The number of amides is 2. The van der Waals surface area contributed by atoms with Crippen LogP contribution in [0.4, 0.5) is 5.69 Å². The molecule has 0 bridgehead atoms. The third-order valence-electron chi connectivity index (χ3n) is 7.26. The van der Waals surface area contributed by atoms with Gasteiger partial charge in [-0.3, -0.25) is 13.9 Å². The number of halogens is 1. The van der Waals surface area contributed by atoms with Gasteiger partial charge in [0, 0.05) is 24.5 Å². The van der Waals surface area contributed by atoms with Crippen LogP contribution in [0.1, 0.15) is 36.5 Å². The number of hydrogen-bond acceptors (Lipinski definition) is 4. The van der Waals surface area contributed by atoms with Gasteiger partial charge in [-0.15, -0.1) is 0 Å². The number of carbonyl (C=O) groups is 2. The summed E-state index contributed by atoms with van der Waals surface area (Å²) in [6.45, 7) is 4.09. The second-order valence-electron chi connectivity index (χ2n) is 10.7. The number of sulfonamides is 1. The second kappa shape index (κ2) is 15.5. The maximum Gasteiger partial charge on any atom is 0.264 e. The molecule has 0 aliphatic rings. The quantitative estimate of drug-likeness (QED) is 0.163. The van der Waals surface area contributed by atoms with Gasteiger partial charge in [-0.05, 0) is 60.9 Å². The van der Waals surface area contributed by atoms with Gasteiger partial charge in [0.25, 0.3) is 10.0 Å². The van der Waals surface area contributed by atoms with Gasteiger partial charge in [-0.25, -0.2) is 8.42 Å². The summed E-state index contributed by atoms with van der Waals surface area (Å²) in [7, 11) is -4.16. The van der Waals surface area contributed by atoms with Gasteiger partial charge in [0.1, 0.15) is 12.6 Å². The van der Waals surface area contributed by atoms with Crippen LogP contribution in [-0.4, -0.2) is 44.3 Å². The first kappa shape index (κ1) is 32.8. The fourth-order valence-corrected chi connectivity index (χ4v) is 6.48. The molecule has 0 spiro atoms. The first-order chi connectivity index (χ1) is 21.2. The Balaban J connectivity index is 1.78. The largest absolute Gasteiger partial charge is 0.354 e. The normalized spacial score (nSPS) is 11.9. The highest BCUT2D eigenvalue weighted by Gasteiger charge is 2.34. The smallest absolute Gasteiger partial charge is 0.264 e. The van der Waals surface area contributed by atoms with Crippen molar-refractivity contribution < 1.29 is 18.0 Å². The lowest BCUT2D eigenvalue weighted by molar-refractivity contribution is -0.140. The van der Waals surface area contributed by atoms with E-state index in [2.05, 4.69) is 5.32 Å². The molecule has 9 heteroatoms. The van der Waals surface area contributed by atoms with Gasteiger partial charge >= 0.3 is 0 Å². The predicted molar refractivity (Wildman–Crippen MR) is 176 cm³/mol. The molecule has 2 amide bonds. The Kier molecular flexibility index (Phi) is 11.6. The van der Waals surface area contributed by atoms with E-state index in [1.54, 1.807) is 42.5 Å². The molecule has 230 valence electrons. The molecule has 0 saturated carbocycles. The fraction of sp³-hybridized carbons (Fsp3) is 0.257. The lowest BCUT2D eigenvalue weighted by atomic mass is 10.0. The zero-order valence-electron chi connectivity index (χ0n) is 25.0. The minimum atomic E-state index is -4.16. The average Bonchev–Trinajstić information content (AvgIpc) is 3.03. The number of nitrogens with one attached hydrogen (secondary N) is 1. The van der Waals surface area contributed by atoms with Crippen LogP contribution in [0, 0.1) is 6.92 Å². The molecule has 0 fully saturated rings. The molecule has 0 aliphatic heterocycles. The van der Waals surface area contributed by atoms with Crippen molar-refractivity contribution in [3.8, 4) is 0 Å². The van der Waals surface area contributed by atoms with E-state index in [0.29, 0.717) is 11.6 Å². The summed E-state index contributed by atoms with van der Waals surface area (Å²) in [5.41, 5.74) is 3.02. The van der Waals surface area contributed by atoms with Crippen LogP contribution in [0.3, 0.4) is 0 Å². The third kappa shape index (κ3) is 8.71. The number of rotatable bonds is 14. The fourth-order valence-electron chi connectivity index (χ4n) is 4.92. The maximum absolute atomic E-state index is 14.4. The lowest BCUT2D eigenvalue weighted by Crippen LogP contribution is -2.53. The molecule has 1 atom stereocenters. The average molecular weight is 632 g/mol. The Morgan fingerprint density at radius 2 is 1.48 bits per heavy atom. The van der Waals surface area contributed by atoms with Crippen LogP contribution in [0.25, 0.3) is 0 Å². The molecule has 44 heavy (non-hydrogen) atoms. The molecule has 4 rings (SSSR count). The first-order valence-electron chi connectivity index (χ1n) is 14.7. The Hall–Kier alpha value is -4.14. The molecule has 0 aromatic heterocycles. The van der Waals surface area contributed by atoms with Gasteiger partial charge in [-0.1, -0.05) is 103 Å². The Labute approximate surface area is 265 Å². The Morgan fingerprint density at radius 1 is 0.841 bits per heavy atom. The number of carbonyl (C=O) groups excluding carboxylic acids is 2. The highest BCUT2D eigenvalue weighted by molar-refractivity contribution is 7.92. The Morgan fingerprint density at radius 3 is 2.11 bits per heavy atom. The van der Waals surface area contributed by atoms with Crippen molar-refractivity contribution in [2.45, 2.75) is 50.6 Å².